The third kappa shape index (κ3) is 5.06. The van der Waals surface area contributed by atoms with E-state index in [4.69, 9.17) is 0 Å². The molecule has 3 aromatic rings. The van der Waals surface area contributed by atoms with Crippen LogP contribution >= 0.6 is 0 Å². The maximum Gasteiger partial charge on any atom is 0.254 e. The zero-order valence-electron chi connectivity index (χ0n) is 19.1. The number of nitrogens with one attached hydrogen (secondary N) is 1. The highest BCUT2D eigenvalue weighted by Crippen LogP contribution is 2.23. The van der Waals surface area contributed by atoms with E-state index >= 15 is 0 Å². The molecule has 1 aliphatic heterocycles. The van der Waals surface area contributed by atoms with Crippen LogP contribution in [0.5, 0.6) is 0 Å². The molecular formula is C27H29N3O3. The lowest BCUT2D eigenvalue weighted by atomic mass is 9.95. The van der Waals surface area contributed by atoms with Gasteiger partial charge in [0.05, 0.1) is 5.92 Å². The van der Waals surface area contributed by atoms with Crippen molar-refractivity contribution in [1.82, 2.24) is 15.1 Å². The minimum Gasteiger partial charge on any atom is -0.352 e. The summed E-state index contributed by atoms with van der Waals surface area (Å²) in [5.74, 6) is -0.347. The van der Waals surface area contributed by atoms with E-state index in [1.54, 1.807) is 31.1 Å². The summed E-state index contributed by atoms with van der Waals surface area (Å²) in [4.78, 5) is 41.5. The first-order valence-electron chi connectivity index (χ1n) is 11.3. The summed E-state index contributed by atoms with van der Waals surface area (Å²) >= 11 is 0. The van der Waals surface area contributed by atoms with Gasteiger partial charge >= 0.3 is 0 Å². The fraction of sp³-hybridized carbons (Fsp3) is 0.296. The lowest BCUT2D eigenvalue weighted by Crippen LogP contribution is -2.45. The summed E-state index contributed by atoms with van der Waals surface area (Å²) in [6.07, 6.45) is 1.57. The number of nitrogens with zero attached hydrogens (tertiary/aromatic N) is 2. The number of fused-ring (bicyclic) bond motifs is 1. The average molecular weight is 444 g/mol. The summed E-state index contributed by atoms with van der Waals surface area (Å²) in [6, 6.07) is 20.9. The number of hydrogen-bond donors (Lipinski definition) is 1. The number of hydrogen-bond acceptors (Lipinski definition) is 3. The molecule has 1 saturated heterocycles. The number of amides is 3. The Bertz CT molecular complexity index is 1170. The van der Waals surface area contributed by atoms with Crippen molar-refractivity contribution in [3.63, 3.8) is 0 Å². The molecule has 33 heavy (non-hydrogen) atoms. The topological polar surface area (TPSA) is 69.7 Å². The lowest BCUT2D eigenvalue weighted by molar-refractivity contribution is -0.126. The van der Waals surface area contributed by atoms with Gasteiger partial charge in [0.25, 0.3) is 11.8 Å². The monoisotopic (exact) mass is 443 g/mol. The van der Waals surface area contributed by atoms with Gasteiger partial charge < -0.3 is 15.1 Å². The van der Waals surface area contributed by atoms with Crippen LogP contribution in [0, 0.1) is 5.92 Å². The minimum atomic E-state index is -0.229. The van der Waals surface area contributed by atoms with Gasteiger partial charge in [-0.25, -0.2) is 0 Å². The largest absolute Gasteiger partial charge is 0.352 e. The van der Waals surface area contributed by atoms with Crippen molar-refractivity contribution in [2.45, 2.75) is 19.4 Å². The number of rotatable bonds is 5. The number of piperidine rings is 1. The highest BCUT2D eigenvalue weighted by Gasteiger charge is 2.29. The molecule has 1 heterocycles. The first-order valence-corrected chi connectivity index (χ1v) is 11.3. The molecule has 0 bridgehead atoms. The van der Waals surface area contributed by atoms with Crippen molar-refractivity contribution in [3.05, 3.63) is 83.4 Å². The maximum atomic E-state index is 13.3. The normalized spacial score (nSPS) is 15.8. The van der Waals surface area contributed by atoms with E-state index in [0.717, 1.165) is 29.2 Å². The van der Waals surface area contributed by atoms with Crippen molar-refractivity contribution >= 4 is 28.5 Å². The Morgan fingerprint density at radius 3 is 2.45 bits per heavy atom. The summed E-state index contributed by atoms with van der Waals surface area (Å²) in [7, 11) is 3.43. The summed E-state index contributed by atoms with van der Waals surface area (Å²) < 4.78 is 0. The van der Waals surface area contributed by atoms with Gasteiger partial charge in [0, 0.05) is 44.9 Å². The van der Waals surface area contributed by atoms with Crippen molar-refractivity contribution in [2.24, 2.45) is 5.92 Å². The average Bonchev–Trinajstić information content (AvgIpc) is 2.86. The summed E-state index contributed by atoms with van der Waals surface area (Å²) in [5.41, 5.74) is 2.23. The molecular weight excluding hydrogens is 414 g/mol. The Labute approximate surface area is 194 Å². The molecule has 3 amide bonds. The van der Waals surface area contributed by atoms with Crippen molar-refractivity contribution in [3.8, 4) is 0 Å². The molecule has 0 radical (unpaired) electrons. The van der Waals surface area contributed by atoms with E-state index in [9.17, 15) is 14.4 Å². The molecule has 1 unspecified atom stereocenters. The molecule has 1 atom stereocenters. The van der Waals surface area contributed by atoms with Gasteiger partial charge in [0.2, 0.25) is 5.91 Å². The van der Waals surface area contributed by atoms with Crippen molar-refractivity contribution in [2.75, 3.05) is 27.2 Å². The van der Waals surface area contributed by atoms with E-state index in [1.165, 1.54) is 4.90 Å². The highest BCUT2D eigenvalue weighted by molar-refractivity contribution is 6.07. The van der Waals surface area contributed by atoms with Crippen LogP contribution in [0.4, 0.5) is 0 Å². The van der Waals surface area contributed by atoms with Crippen LogP contribution in [0.2, 0.25) is 0 Å². The molecule has 0 spiro atoms. The molecule has 0 aliphatic carbocycles. The van der Waals surface area contributed by atoms with Crippen molar-refractivity contribution < 1.29 is 14.4 Å². The quantitative estimate of drug-likeness (QED) is 0.654. The Morgan fingerprint density at radius 1 is 0.970 bits per heavy atom. The fourth-order valence-corrected chi connectivity index (χ4v) is 4.31. The molecule has 1 N–H and O–H groups in total. The van der Waals surface area contributed by atoms with Crippen LogP contribution in [0.25, 0.3) is 10.8 Å². The predicted octanol–water partition coefficient (Wildman–Crippen LogP) is 3.71. The van der Waals surface area contributed by atoms with Crippen LogP contribution in [-0.4, -0.2) is 54.7 Å². The molecule has 170 valence electrons. The lowest BCUT2D eigenvalue weighted by Gasteiger charge is -2.32. The van der Waals surface area contributed by atoms with Gasteiger partial charge in [-0.3, -0.25) is 14.4 Å². The van der Waals surface area contributed by atoms with E-state index < -0.39 is 0 Å². The second-order valence-corrected chi connectivity index (χ2v) is 8.73. The molecule has 1 aliphatic rings. The van der Waals surface area contributed by atoms with Crippen molar-refractivity contribution in [1.29, 1.82) is 0 Å². The van der Waals surface area contributed by atoms with E-state index in [0.29, 0.717) is 30.8 Å². The standard InChI is InChI=1S/C27H29N3O3/c1-29(2)26(32)21-14-12-19(13-15-21)17-28-25(31)22-9-6-16-30(18-22)27(33)24-11-5-8-20-7-3-4-10-23(20)24/h3-5,7-8,10-15,22H,6,9,16-18H2,1-2H3,(H,28,31). The zero-order valence-corrected chi connectivity index (χ0v) is 19.1. The van der Waals surface area contributed by atoms with Gasteiger partial charge in [-0.2, -0.15) is 0 Å². The molecule has 6 nitrogen and oxygen atoms in total. The number of benzene rings is 3. The van der Waals surface area contributed by atoms with Crippen LogP contribution in [-0.2, 0) is 11.3 Å². The van der Waals surface area contributed by atoms with Crippen LogP contribution in [0.15, 0.2) is 66.7 Å². The summed E-state index contributed by atoms with van der Waals surface area (Å²) in [6.45, 7) is 1.47. The van der Waals surface area contributed by atoms with Gasteiger partial charge in [0.1, 0.15) is 0 Å². The minimum absolute atomic E-state index is 0.0227. The number of likely N-dealkylation sites (tertiary alicyclic amines) is 1. The Kier molecular flexibility index (Phi) is 6.73. The molecule has 6 heteroatoms. The second kappa shape index (κ2) is 9.86. The number of carbonyl (C=O) groups is 3. The van der Waals surface area contributed by atoms with Crippen LogP contribution < -0.4 is 5.32 Å². The molecule has 3 aromatic carbocycles. The van der Waals surface area contributed by atoms with E-state index in [-0.39, 0.29) is 23.6 Å². The molecule has 1 fully saturated rings. The SMILES string of the molecule is CN(C)C(=O)c1ccc(CNC(=O)C2CCCN(C(=O)c3cccc4ccccc34)C2)cc1. The highest BCUT2D eigenvalue weighted by atomic mass is 16.2. The molecule has 0 saturated carbocycles. The van der Waals surface area contributed by atoms with Gasteiger partial charge in [-0.1, -0.05) is 48.5 Å². The van der Waals surface area contributed by atoms with Gasteiger partial charge in [-0.15, -0.1) is 0 Å². The van der Waals surface area contributed by atoms with E-state index in [2.05, 4.69) is 5.32 Å². The molecule has 4 rings (SSSR count). The smallest absolute Gasteiger partial charge is 0.254 e. The van der Waals surface area contributed by atoms with Crippen LogP contribution in [0.1, 0.15) is 39.1 Å². The number of carbonyl (C=O) groups excluding carboxylic acids is 3. The Balaban J connectivity index is 1.37. The second-order valence-electron chi connectivity index (χ2n) is 8.73. The zero-order chi connectivity index (χ0) is 23.4. The van der Waals surface area contributed by atoms with Gasteiger partial charge in [-0.05, 0) is 47.4 Å². The third-order valence-corrected chi connectivity index (χ3v) is 6.17. The third-order valence-electron chi connectivity index (χ3n) is 6.17. The fourth-order valence-electron chi connectivity index (χ4n) is 4.31. The first kappa shape index (κ1) is 22.5. The maximum absolute atomic E-state index is 13.3. The van der Waals surface area contributed by atoms with E-state index in [1.807, 2.05) is 54.6 Å². The van der Waals surface area contributed by atoms with Crippen LogP contribution in [0.3, 0.4) is 0 Å². The predicted molar refractivity (Wildman–Crippen MR) is 129 cm³/mol. The van der Waals surface area contributed by atoms with Gasteiger partial charge in [0.15, 0.2) is 0 Å². The Hall–Kier alpha value is -3.67. The molecule has 0 aromatic heterocycles. The Morgan fingerprint density at radius 2 is 1.70 bits per heavy atom. The summed E-state index contributed by atoms with van der Waals surface area (Å²) in [5, 5.41) is 4.97. The first-order chi connectivity index (χ1) is 15.9.